The van der Waals surface area contributed by atoms with Gasteiger partial charge in [0.1, 0.15) is 17.8 Å². The Morgan fingerprint density at radius 1 is 1.62 bits per heavy atom. The molecule has 1 aromatic rings. The molecule has 1 fully saturated rings. The molecule has 0 radical (unpaired) electrons. The summed E-state index contributed by atoms with van der Waals surface area (Å²) in [7, 11) is 0. The van der Waals surface area contributed by atoms with E-state index in [0.29, 0.717) is 5.82 Å². The van der Waals surface area contributed by atoms with Crippen LogP contribution in [0.2, 0.25) is 0 Å². The fourth-order valence-electron chi connectivity index (χ4n) is 2.08. The molecule has 1 unspecified atom stereocenters. The monoisotopic (exact) mass is 226 g/mol. The molecule has 5 heteroatoms. The van der Waals surface area contributed by atoms with Crippen molar-refractivity contribution in [3.63, 3.8) is 0 Å². The minimum Gasteiger partial charge on any atom is -0.328 e. The Kier molecular flexibility index (Phi) is 2.97. The van der Waals surface area contributed by atoms with Crippen LogP contribution in [0.3, 0.4) is 0 Å². The van der Waals surface area contributed by atoms with Crippen LogP contribution in [0.4, 0.5) is 4.39 Å². The second kappa shape index (κ2) is 4.13. The summed E-state index contributed by atoms with van der Waals surface area (Å²) in [6.45, 7) is 4.10. The first-order chi connectivity index (χ1) is 7.57. The first-order valence-electron chi connectivity index (χ1n) is 5.84. The zero-order chi connectivity index (χ0) is 11.8. The van der Waals surface area contributed by atoms with Gasteiger partial charge in [-0.15, -0.1) is 0 Å². The summed E-state index contributed by atoms with van der Waals surface area (Å²) in [5.41, 5.74) is 4.27. The van der Waals surface area contributed by atoms with Gasteiger partial charge in [0, 0.05) is 19.0 Å². The van der Waals surface area contributed by atoms with Crippen LogP contribution in [0.25, 0.3) is 0 Å². The summed E-state index contributed by atoms with van der Waals surface area (Å²) in [5.74, 6) is 0.824. The van der Waals surface area contributed by atoms with Crippen LogP contribution >= 0.6 is 0 Å². The van der Waals surface area contributed by atoms with E-state index in [1.807, 2.05) is 13.8 Å². The van der Waals surface area contributed by atoms with Crippen molar-refractivity contribution >= 4 is 0 Å². The molecule has 4 nitrogen and oxygen atoms in total. The average Bonchev–Trinajstić information content (AvgIpc) is 3.00. The quantitative estimate of drug-likeness (QED) is 0.827. The van der Waals surface area contributed by atoms with Gasteiger partial charge in [0.05, 0.1) is 0 Å². The van der Waals surface area contributed by atoms with E-state index in [1.165, 1.54) is 6.33 Å². The molecule has 1 aromatic heterocycles. The average molecular weight is 226 g/mol. The minimum absolute atomic E-state index is 0.0720. The summed E-state index contributed by atoms with van der Waals surface area (Å²) in [6, 6.07) is 0.207. The number of nitrogens with two attached hydrogens (primary N) is 1. The standard InChI is InChI=1S/C11H19FN4/c1-8(2)16-10(14-7-15-16)5-11(12,6-13)9-3-4-9/h7-9H,3-6,13H2,1-2H3. The number of alkyl halides is 1. The van der Waals surface area contributed by atoms with Crippen LogP contribution in [-0.2, 0) is 6.42 Å². The molecule has 2 rings (SSSR count). The second-order valence-corrected chi connectivity index (χ2v) is 4.90. The molecule has 0 spiro atoms. The van der Waals surface area contributed by atoms with Gasteiger partial charge >= 0.3 is 0 Å². The Hall–Kier alpha value is -0.970. The number of hydrogen-bond acceptors (Lipinski definition) is 3. The molecule has 1 aliphatic rings. The molecule has 0 saturated heterocycles. The van der Waals surface area contributed by atoms with Crippen molar-refractivity contribution in [2.75, 3.05) is 6.54 Å². The fraction of sp³-hybridized carbons (Fsp3) is 0.818. The van der Waals surface area contributed by atoms with Crippen molar-refractivity contribution in [3.05, 3.63) is 12.2 Å². The second-order valence-electron chi connectivity index (χ2n) is 4.90. The van der Waals surface area contributed by atoms with Crippen molar-refractivity contribution in [3.8, 4) is 0 Å². The largest absolute Gasteiger partial charge is 0.328 e. The summed E-state index contributed by atoms with van der Waals surface area (Å²) < 4.78 is 16.3. The topological polar surface area (TPSA) is 56.7 Å². The van der Waals surface area contributed by atoms with E-state index in [-0.39, 0.29) is 24.9 Å². The Morgan fingerprint density at radius 3 is 2.81 bits per heavy atom. The van der Waals surface area contributed by atoms with E-state index < -0.39 is 5.67 Å². The third kappa shape index (κ3) is 2.09. The zero-order valence-electron chi connectivity index (χ0n) is 9.86. The molecular formula is C11H19FN4. The number of halogens is 1. The third-order valence-corrected chi connectivity index (χ3v) is 3.24. The van der Waals surface area contributed by atoms with E-state index in [0.717, 1.165) is 12.8 Å². The molecule has 0 amide bonds. The molecule has 2 N–H and O–H groups in total. The van der Waals surface area contributed by atoms with Crippen molar-refractivity contribution in [2.24, 2.45) is 11.7 Å². The molecule has 0 bridgehead atoms. The Bertz CT molecular complexity index is 359. The summed E-state index contributed by atoms with van der Waals surface area (Å²) in [6.07, 6.45) is 3.67. The molecule has 1 aliphatic carbocycles. The van der Waals surface area contributed by atoms with Crippen LogP contribution < -0.4 is 5.73 Å². The minimum atomic E-state index is -1.29. The molecule has 0 aromatic carbocycles. The van der Waals surface area contributed by atoms with Crippen LogP contribution in [0, 0.1) is 5.92 Å². The highest BCUT2D eigenvalue weighted by molar-refractivity contribution is 5.03. The maximum absolute atomic E-state index is 14.5. The van der Waals surface area contributed by atoms with Gasteiger partial charge in [-0.25, -0.2) is 14.1 Å². The van der Waals surface area contributed by atoms with E-state index >= 15 is 0 Å². The Morgan fingerprint density at radius 2 is 2.31 bits per heavy atom. The molecule has 0 aliphatic heterocycles. The first kappa shape index (κ1) is 11.5. The van der Waals surface area contributed by atoms with Gasteiger partial charge in [-0.2, -0.15) is 5.10 Å². The lowest BCUT2D eigenvalue weighted by Gasteiger charge is -2.23. The summed E-state index contributed by atoms with van der Waals surface area (Å²) in [5, 5.41) is 4.11. The van der Waals surface area contributed by atoms with Gasteiger partial charge in [0.2, 0.25) is 0 Å². The number of hydrogen-bond donors (Lipinski definition) is 1. The number of nitrogens with zero attached hydrogens (tertiary/aromatic N) is 3. The molecule has 1 atom stereocenters. The zero-order valence-corrected chi connectivity index (χ0v) is 9.86. The van der Waals surface area contributed by atoms with Gasteiger partial charge in [-0.05, 0) is 32.6 Å². The lowest BCUT2D eigenvalue weighted by atomic mass is 9.95. The van der Waals surface area contributed by atoms with Gasteiger partial charge in [0.15, 0.2) is 0 Å². The molecular weight excluding hydrogens is 207 g/mol. The normalized spacial score (nSPS) is 20.1. The predicted molar refractivity (Wildman–Crippen MR) is 59.7 cm³/mol. The Labute approximate surface area is 95.0 Å². The fourth-order valence-corrected chi connectivity index (χ4v) is 2.08. The SMILES string of the molecule is CC(C)n1ncnc1CC(F)(CN)C1CC1. The highest BCUT2D eigenvalue weighted by atomic mass is 19.1. The maximum Gasteiger partial charge on any atom is 0.138 e. The first-order valence-corrected chi connectivity index (χ1v) is 5.84. The summed E-state index contributed by atoms with van der Waals surface area (Å²) in [4.78, 5) is 4.14. The highest BCUT2D eigenvalue weighted by Gasteiger charge is 2.45. The van der Waals surface area contributed by atoms with Crippen molar-refractivity contribution in [1.29, 1.82) is 0 Å². The lowest BCUT2D eigenvalue weighted by molar-refractivity contribution is 0.137. The van der Waals surface area contributed by atoms with Gasteiger partial charge in [0.25, 0.3) is 0 Å². The highest BCUT2D eigenvalue weighted by Crippen LogP contribution is 2.43. The van der Waals surface area contributed by atoms with Crippen molar-refractivity contribution in [2.45, 2.75) is 44.8 Å². The maximum atomic E-state index is 14.5. The smallest absolute Gasteiger partial charge is 0.138 e. The number of rotatable bonds is 5. The molecule has 90 valence electrons. The predicted octanol–water partition coefficient (Wildman–Crippen LogP) is 1.48. The summed E-state index contributed by atoms with van der Waals surface area (Å²) >= 11 is 0. The van der Waals surface area contributed by atoms with Crippen LogP contribution in [0.15, 0.2) is 6.33 Å². The Balaban J connectivity index is 2.15. The van der Waals surface area contributed by atoms with Gasteiger partial charge in [-0.3, -0.25) is 0 Å². The van der Waals surface area contributed by atoms with E-state index in [4.69, 9.17) is 5.73 Å². The van der Waals surface area contributed by atoms with Gasteiger partial charge < -0.3 is 5.73 Å². The van der Waals surface area contributed by atoms with Crippen molar-refractivity contribution in [1.82, 2.24) is 14.8 Å². The third-order valence-electron chi connectivity index (χ3n) is 3.24. The molecule has 1 heterocycles. The number of aromatic nitrogens is 3. The van der Waals surface area contributed by atoms with Gasteiger partial charge in [-0.1, -0.05) is 0 Å². The van der Waals surface area contributed by atoms with E-state index in [1.54, 1.807) is 4.68 Å². The van der Waals surface area contributed by atoms with Crippen LogP contribution in [0.5, 0.6) is 0 Å². The van der Waals surface area contributed by atoms with E-state index in [2.05, 4.69) is 10.1 Å². The van der Waals surface area contributed by atoms with Crippen LogP contribution in [-0.4, -0.2) is 27.0 Å². The van der Waals surface area contributed by atoms with E-state index in [9.17, 15) is 4.39 Å². The molecule has 16 heavy (non-hydrogen) atoms. The lowest BCUT2D eigenvalue weighted by Crippen LogP contribution is -2.38. The van der Waals surface area contributed by atoms with Crippen LogP contribution in [0.1, 0.15) is 38.6 Å². The van der Waals surface area contributed by atoms with Crippen molar-refractivity contribution < 1.29 is 4.39 Å². The molecule has 1 saturated carbocycles.